The SMILES string of the molecule is Cc1cccc(-n2nnc(C(=O)OCC3CC(=O)N(Cc4cccc(Cl)c4)C3)c2C)c1C. The lowest BCUT2D eigenvalue weighted by Gasteiger charge is -2.17. The summed E-state index contributed by atoms with van der Waals surface area (Å²) in [6, 6.07) is 13.4. The maximum atomic E-state index is 12.7. The van der Waals surface area contributed by atoms with Gasteiger partial charge in [0.15, 0.2) is 5.69 Å². The summed E-state index contributed by atoms with van der Waals surface area (Å²) in [6.45, 7) is 7.02. The molecule has 1 fully saturated rings. The lowest BCUT2D eigenvalue weighted by Crippen LogP contribution is -2.25. The Morgan fingerprint density at radius 3 is 2.75 bits per heavy atom. The zero-order valence-electron chi connectivity index (χ0n) is 18.3. The number of amides is 1. The van der Waals surface area contributed by atoms with E-state index in [0.29, 0.717) is 30.2 Å². The minimum Gasteiger partial charge on any atom is -0.460 e. The lowest BCUT2D eigenvalue weighted by atomic mass is 10.1. The fourth-order valence-electron chi connectivity index (χ4n) is 3.95. The molecule has 0 bridgehead atoms. The van der Waals surface area contributed by atoms with Crippen molar-refractivity contribution in [3.05, 3.63) is 75.6 Å². The summed E-state index contributed by atoms with van der Waals surface area (Å²) in [5.74, 6) is -0.539. The number of carbonyl (C=O) groups excluding carboxylic acids is 2. The van der Waals surface area contributed by atoms with Crippen LogP contribution in [0.2, 0.25) is 5.02 Å². The van der Waals surface area contributed by atoms with Gasteiger partial charge in [0.05, 0.1) is 18.0 Å². The van der Waals surface area contributed by atoms with Gasteiger partial charge in [0, 0.05) is 30.5 Å². The van der Waals surface area contributed by atoms with Crippen LogP contribution in [0.15, 0.2) is 42.5 Å². The number of aromatic nitrogens is 3. The molecule has 1 aliphatic rings. The Bertz CT molecular complexity index is 1170. The number of aryl methyl sites for hydroxylation is 1. The van der Waals surface area contributed by atoms with Crippen LogP contribution in [0, 0.1) is 26.7 Å². The summed E-state index contributed by atoms with van der Waals surface area (Å²) in [4.78, 5) is 26.8. The van der Waals surface area contributed by atoms with Crippen molar-refractivity contribution in [3.63, 3.8) is 0 Å². The maximum absolute atomic E-state index is 12.7. The fraction of sp³-hybridized carbons (Fsp3) is 0.333. The number of hydrogen-bond donors (Lipinski definition) is 0. The predicted molar refractivity (Wildman–Crippen MR) is 121 cm³/mol. The third-order valence-corrected chi connectivity index (χ3v) is 6.13. The van der Waals surface area contributed by atoms with E-state index >= 15 is 0 Å². The molecule has 0 aliphatic carbocycles. The molecular weight excluding hydrogens is 428 g/mol. The van der Waals surface area contributed by atoms with Crippen molar-refractivity contribution < 1.29 is 14.3 Å². The van der Waals surface area contributed by atoms with E-state index < -0.39 is 5.97 Å². The van der Waals surface area contributed by atoms with Crippen molar-refractivity contribution in [1.29, 1.82) is 0 Å². The smallest absolute Gasteiger partial charge is 0.360 e. The topological polar surface area (TPSA) is 77.3 Å². The zero-order chi connectivity index (χ0) is 22.8. The minimum atomic E-state index is -0.528. The number of hydrogen-bond acceptors (Lipinski definition) is 5. The Morgan fingerprint density at radius 1 is 1.19 bits per heavy atom. The van der Waals surface area contributed by atoms with Crippen molar-refractivity contribution in [1.82, 2.24) is 19.9 Å². The molecule has 1 saturated heterocycles. The third kappa shape index (κ3) is 4.53. The van der Waals surface area contributed by atoms with Crippen LogP contribution >= 0.6 is 11.6 Å². The van der Waals surface area contributed by atoms with Crippen LogP contribution in [0.25, 0.3) is 5.69 Å². The first-order chi connectivity index (χ1) is 15.3. The Labute approximate surface area is 191 Å². The van der Waals surface area contributed by atoms with E-state index in [1.807, 2.05) is 50.2 Å². The average molecular weight is 453 g/mol. The Morgan fingerprint density at radius 2 is 1.97 bits per heavy atom. The summed E-state index contributed by atoms with van der Waals surface area (Å²) >= 11 is 6.03. The first-order valence-corrected chi connectivity index (χ1v) is 10.9. The highest BCUT2D eigenvalue weighted by atomic mass is 35.5. The molecule has 32 heavy (non-hydrogen) atoms. The van der Waals surface area contributed by atoms with E-state index in [9.17, 15) is 9.59 Å². The van der Waals surface area contributed by atoms with Gasteiger partial charge in [-0.05, 0) is 55.7 Å². The normalized spacial score (nSPS) is 15.9. The molecule has 8 heteroatoms. The maximum Gasteiger partial charge on any atom is 0.360 e. The second-order valence-electron chi connectivity index (χ2n) is 8.23. The van der Waals surface area contributed by atoms with Crippen LogP contribution in [0.4, 0.5) is 0 Å². The van der Waals surface area contributed by atoms with E-state index in [4.69, 9.17) is 16.3 Å². The number of halogens is 1. The van der Waals surface area contributed by atoms with Crippen LogP contribution < -0.4 is 0 Å². The van der Waals surface area contributed by atoms with Crippen molar-refractivity contribution in [2.24, 2.45) is 5.92 Å². The fourth-order valence-corrected chi connectivity index (χ4v) is 4.16. The van der Waals surface area contributed by atoms with Crippen LogP contribution in [0.3, 0.4) is 0 Å². The molecular formula is C24H25ClN4O3. The molecule has 0 N–H and O–H groups in total. The van der Waals surface area contributed by atoms with Crippen molar-refractivity contribution in [3.8, 4) is 5.69 Å². The highest BCUT2D eigenvalue weighted by Crippen LogP contribution is 2.23. The van der Waals surface area contributed by atoms with Gasteiger partial charge in [-0.25, -0.2) is 9.48 Å². The monoisotopic (exact) mass is 452 g/mol. The first-order valence-electron chi connectivity index (χ1n) is 10.5. The van der Waals surface area contributed by atoms with Gasteiger partial charge in [-0.1, -0.05) is 41.1 Å². The van der Waals surface area contributed by atoms with E-state index in [-0.39, 0.29) is 24.1 Å². The quantitative estimate of drug-likeness (QED) is 0.527. The third-order valence-electron chi connectivity index (χ3n) is 5.90. The highest BCUT2D eigenvalue weighted by molar-refractivity contribution is 6.30. The summed E-state index contributed by atoms with van der Waals surface area (Å²) in [5, 5.41) is 8.85. The number of likely N-dealkylation sites (tertiary alicyclic amines) is 1. The molecule has 4 rings (SSSR count). The Kier molecular flexibility index (Phi) is 6.28. The molecule has 0 radical (unpaired) electrons. The number of nitrogens with zero attached hydrogens (tertiary/aromatic N) is 4. The first kappa shape index (κ1) is 22.0. The van der Waals surface area contributed by atoms with Gasteiger partial charge in [-0.3, -0.25) is 4.79 Å². The van der Waals surface area contributed by atoms with Gasteiger partial charge < -0.3 is 9.64 Å². The Balaban J connectivity index is 1.38. The number of carbonyl (C=O) groups is 2. The van der Waals surface area contributed by atoms with Crippen molar-refractivity contribution >= 4 is 23.5 Å². The zero-order valence-corrected chi connectivity index (χ0v) is 19.1. The number of rotatable bonds is 6. The molecule has 3 aromatic rings. The summed E-state index contributed by atoms with van der Waals surface area (Å²) in [7, 11) is 0. The van der Waals surface area contributed by atoms with Crippen LogP contribution in [-0.2, 0) is 16.1 Å². The molecule has 7 nitrogen and oxygen atoms in total. The lowest BCUT2D eigenvalue weighted by molar-refractivity contribution is -0.128. The van der Waals surface area contributed by atoms with E-state index in [2.05, 4.69) is 10.3 Å². The largest absolute Gasteiger partial charge is 0.460 e. The second-order valence-corrected chi connectivity index (χ2v) is 8.66. The molecule has 2 aromatic carbocycles. The number of esters is 1. The molecule has 1 unspecified atom stereocenters. The molecule has 166 valence electrons. The Hall–Kier alpha value is -3.19. The molecule has 0 saturated carbocycles. The molecule has 1 aliphatic heterocycles. The van der Waals surface area contributed by atoms with Crippen molar-refractivity contribution in [2.75, 3.05) is 13.2 Å². The molecule has 1 amide bonds. The molecule has 0 spiro atoms. The van der Waals surface area contributed by atoms with E-state index in [0.717, 1.165) is 22.4 Å². The summed E-state index contributed by atoms with van der Waals surface area (Å²) in [6.07, 6.45) is 0.349. The van der Waals surface area contributed by atoms with Crippen molar-refractivity contribution in [2.45, 2.75) is 33.7 Å². The highest BCUT2D eigenvalue weighted by Gasteiger charge is 2.31. The summed E-state index contributed by atoms with van der Waals surface area (Å²) < 4.78 is 7.16. The molecule has 2 heterocycles. The van der Waals surface area contributed by atoms with Gasteiger partial charge in [0.25, 0.3) is 0 Å². The van der Waals surface area contributed by atoms with E-state index in [1.54, 1.807) is 22.6 Å². The molecule has 1 atom stereocenters. The minimum absolute atomic E-state index is 0.0445. The van der Waals surface area contributed by atoms with E-state index in [1.165, 1.54) is 0 Å². The number of ether oxygens (including phenoxy) is 1. The summed E-state index contributed by atoms with van der Waals surface area (Å²) in [5.41, 5.74) is 4.87. The van der Waals surface area contributed by atoms with Gasteiger partial charge in [0.1, 0.15) is 0 Å². The average Bonchev–Trinajstić information content (AvgIpc) is 3.31. The standard InChI is InChI=1S/C24H25ClN4O3/c1-15-6-4-9-21(16(15)2)29-17(3)23(26-27-29)24(31)32-14-19-11-22(30)28(13-19)12-18-7-5-8-20(25)10-18/h4-10,19H,11-14H2,1-3H3. The number of benzene rings is 2. The predicted octanol–water partition coefficient (Wildman–Crippen LogP) is 4.05. The van der Waals surface area contributed by atoms with Gasteiger partial charge in [-0.2, -0.15) is 0 Å². The van der Waals surface area contributed by atoms with Crippen LogP contribution in [-0.4, -0.2) is 44.9 Å². The van der Waals surface area contributed by atoms with Gasteiger partial charge in [-0.15, -0.1) is 5.10 Å². The van der Waals surface area contributed by atoms with Crippen LogP contribution in [0.5, 0.6) is 0 Å². The van der Waals surface area contributed by atoms with Crippen LogP contribution in [0.1, 0.15) is 39.3 Å². The molecule has 1 aromatic heterocycles. The van der Waals surface area contributed by atoms with Gasteiger partial charge in [0.2, 0.25) is 5.91 Å². The second kappa shape index (κ2) is 9.12. The van der Waals surface area contributed by atoms with Gasteiger partial charge >= 0.3 is 5.97 Å².